The Labute approximate surface area is 145 Å². The Hall–Kier alpha value is -2.76. The fourth-order valence-corrected chi connectivity index (χ4v) is 2.17. The van der Waals surface area contributed by atoms with Crippen molar-refractivity contribution < 1.29 is 18.4 Å². The molecule has 0 saturated carbocycles. The number of amides is 2. The summed E-state index contributed by atoms with van der Waals surface area (Å²) in [7, 11) is 0. The van der Waals surface area contributed by atoms with Gasteiger partial charge < -0.3 is 10.6 Å². The van der Waals surface area contributed by atoms with Gasteiger partial charge in [0.05, 0.1) is 11.7 Å². The molecule has 0 aliphatic heterocycles. The van der Waals surface area contributed by atoms with Crippen molar-refractivity contribution in [2.45, 2.75) is 26.8 Å². The highest BCUT2D eigenvalue weighted by atomic mass is 19.1. The molecule has 25 heavy (non-hydrogen) atoms. The van der Waals surface area contributed by atoms with E-state index in [0.717, 1.165) is 17.7 Å². The highest BCUT2D eigenvalue weighted by Gasteiger charge is 2.37. The maximum absolute atomic E-state index is 13.7. The van der Waals surface area contributed by atoms with Crippen molar-refractivity contribution in [1.82, 2.24) is 5.32 Å². The van der Waals surface area contributed by atoms with Gasteiger partial charge in [-0.3, -0.25) is 9.59 Å². The van der Waals surface area contributed by atoms with Crippen molar-refractivity contribution in [2.75, 3.05) is 5.32 Å². The Morgan fingerprint density at radius 3 is 2.24 bits per heavy atom. The van der Waals surface area contributed by atoms with E-state index in [1.54, 1.807) is 6.92 Å². The standard InChI is InChI=1S/C19H20F2N2O2/c1-12(13-7-5-4-6-8-13)22-17(24)19(2,3)18(25)23-16-10-9-14(20)11-15(16)21/h4-12H,1-3H3,(H,22,24)(H,23,25). The first-order valence-corrected chi connectivity index (χ1v) is 7.84. The van der Waals surface area contributed by atoms with Crippen LogP contribution in [0.1, 0.15) is 32.4 Å². The first-order valence-electron chi connectivity index (χ1n) is 7.84. The van der Waals surface area contributed by atoms with Crippen LogP contribution in [0, 0.1) is 17.0 Å². The van der Waals surface area contributed by atoms with Crippen LogP contribution in [-0.4, -0.2) is 11.8 Å². The molecule has 4 nitrogen and oxygen atoms in total. The fourth-order valence-electron chi connectivity index (χ4n) is 2.17. The number of hydrogen-bond donors (Lipinski definition) is 2. The average molecular weight is 346 g/mol. The van der Waals surface area contributed by atoms with Gasteiger partial charge in [0.2, 0.25) is 11.8 Å². The Morgan fingerprint density at radius 2 is 1.64 bits per heavy atom. The van der Waals surface area contributed by atoms with Crippen LogP contribution in [0.5, 0.6) is 0 Å². The minimum absolute atomic E-state index is 0.177. The van der Waals surface area contributed by atoms with Crippen molar-refractivity contribution in [3.63, 3.8) is 0 Å². The summed E-state index contributed by atoms with van der Waals surface area (Å²) in [6.07, 6.45) is 0. The average Bonchev–Trinajstić information content (AvgIpc) is 2.57. The molecule has 6 heteroatoms. The Bertz CT molecular complexity index is 776. The third-order valence-corrected chi connectivity index (χ3v) is 3.96. The maximum atomic E-state index is 13.7. The van der Waals surface area contributed by atoms with Crippen molar-refractivity contribution in [3.05, 3.63) is 65.7 Å². The second kappa shape index (κ2) is 7.42. The monoisotopic (exact) mass is 346 g/mol. The first kappa shape index (κ1) is 18.6. The van der Waals surface area contributed by atoms with Gasteiger partial charge in [-0.2, -0.15) is 0 Å². The lowest BCUT2D eigenvalue weighted by atomic mass is 9.90. The molecule has 2 aromatic rings. The molecule has 0 heterocycles. The lowest BCUT2D eigenvalue weighted by Gasteiger charge is -2.25. The molecule has 1 atom stereocenters. The SMILES string of the molecule is CC(NC(=O)C(C)(C)C(=O)Nc1ccc(F)cc1F)c1ccccc1. The molecule has 2 N–H and O–H groups in total. The summed E-state index contributed by atoms with van der Waals surface area (Å²) in [6.45, 7) is 4.69. The number of benzene rings is 2. The molecule has 2 aromatic carbocycles. The molecule has 0 saturated heterocycles. The summed E-state index contributed by atoms with van der Waals surface area (Å²) in [4.78, 5) is 24.9. The van der Waals surface area contributed by atoms with Gasteiger partial charge in [-0.1, -0.05) is 30.3 Å². The number of carbonyl (C=O) groups is 2. The van der Waals surface area contributed by atoms with Gasteiger partial charge in [-0.25, -0.2) is 8.78 Å². The summed E-state index contributed by atoms with van der Waals surface area (Å²) in [6, 6.07) is 11.8. The number of carbonyl (C=O) groups excluding carboxylic acids is 2. The zero-order valence-corrected chi connectivity index (χ0v) is 14.3. The molecule has 132 valence electrons. The van der Waals surface area contributed by atoms with E-state index in [9.17, 15) is 18.4 Å². The van der Waals surface area contributed by atoms with Crippen LogP contribution in [0.3, 0.4) is 0 Å². The smallest absolute Gasteiger partial charge is 0.239 e. The number of anilines is 1. The molecule has 0 radical (unpaired) electrons. The number of hydrogen-bond acceptors (Lipinski definition) is 2. The quantitative estimate of drug-likeness (QED) is 0.809. The molecule has 2 rings (SSSR count). The third kappa shape index (κ3) is 4.41. The van der Waals surface area contributed by atoms with Crippen LogP contribution in [0.15, 0.2) is 48.5 Å². The van der Waals surface area contributed by atoms with Crippen LogP contribution in [0.4, 0.5) is 14.5 Å². The van der Waals surface area contributed by atoms with Gasteiger partial charge in [0.15, 0.2) is 0 Å². The second-order valence-electron chi connectivity index (χ2n) is 6.31. The summed E-state index contributed by atoms with van der Waals surface area (Å²) >= 11 is 0. The molecular weight excluding hydrogens is 326 g/mol. The molecule has 0 spiro atoms. The molecule has 1 unspecified atom stereocenters. The fraction of sp³-hybridized carbons (Fsp3) is 0.263. The van der Waals surface area contributed by atoms with Gasteiger partial charge in [0.25, 0.3) is 0 Å². The minimum Gasteiger partial charge on any atom is -0.349 e. The normalized spacial score (nSPS) is 12.4. The number of rotatable bonds is 5. The third-order valence-electron chi connectivity index (χ3n) is 3.96. The molecule has 0 bridgehead atoms. The lowest BCUT2D eigenvalue weighted by Crippen LogP contribution is -2.45. The summed E-state index contributed by atoms with van der Waals surface area (Å²) in [5.41, 5.74) is -0.718. The predicted octanol–water partition coefficient (Wildman–Crippen LogP) is 3.81. The largest absolute Gasteiger partial charge is 0.349 e. The highest BCUT2D eigenvalue weighted by molar-refractivity contribution is 6.09. The molecule has 0 fully saturated rings. The molecule has 0 aliphatic carbocycles. The van der Waals surface area contributed by atoms with Gasteiger partial charge in [0, 0.05) is 6.07 Å². The van der Waals surface area contributed by atoms with Crippen molar-refractivity contribution in [1.29, 1.82) is 0 Å². The number of halogens is 2. The Morgan fingerprint density at radius 1 is 1.00 bits per heavy atom. The Balaban J connectivity index is 2.08. The van der Waals surface area contributed by atoms with Crippen molar-refractivity contribution in [3.8, 4) is 0 Å². The van der Waals surface area contributed by atoms with Gasteiger partial charge in [-0.15, -0.1) is 0 Å². The maximum Gasteiger partial charge on any atom is 0.239 e. The summed E-state index contributed by atoms with van der Waals surface area (Å²) in [5.74, 6) is -2.83. The van der Waals surface area contributed by atoms with Crippen molar-refractivity contribution >= 4 is 17.5 Å². The zero-order valence-electron chi connectivity index (χ0n) is 14.3. The van der Waals surface area contributed by atoms with E-state index in [-0.39, 0.29) is 11.7 Å². The van der Waals surface area contributed by atoms with E-state index in [1.807, 2.05) is 30.3 Å². The lowest BCUT2D eigenvalue weighted by molar-refractivity contribution is -0.138. The predicted molar refractivity (Wildman–Crippen MR) is 91.8 cm³/mol. The Kier molecular flexibility index (Phi) is 5.51. The van der Waals surface area contributed by atoms with Crippen LogP contribution >= 0.6 is 0 Å². The van der Waals surface area contributed by atoms with E-state index in [4.69, 9.17) is 0 Å². The van der Waals surface area contributed by atoms with E-state index >= 15 is 0 Å². The number of nitrogens with one attached hydrogen (secondary N) is 2. The van der Waals surface area contributed by atoms with Gasteiger partial charge >= 0.3 is 0 Å². The first-order chi connectivity index (χ1) is 11.7. The molecule has 0 aliphatic rings. The van der Waals surface area contributed by atoms with E-state index < -0.39 is 28.9 Å². The molecule has 2 amide bonds. The van der Waals surface area contributed by atoms with Crippen LogP contribution in [-0.2, 0) is 9.59 Å². The van der Waals surface area contributed by atoms with E-state index in [0.29, 0.717) is 6.07 Å². The van der Waals surface area contributed by atoms with Crippen LogP contribution < -0.4 is 10.6 Å². The second-order valence-corrected chi connectivity index (χ2v) is 6.31. The van der Waals surface area contributed by atoms with E-state index in [1.165, 1.54) is 13.8 Å². The minimum atomic E-state index is -1.44. The molecule has 0 aromatic heterocycles. The van der Waals surface area contributed by atoms with E-state index in [2.05, 4.69) is 10.6 Å². The van der Waals surface area contributed by atoms with Crippen molar-refractivity contribution in [2.24, 2.45) is 5.41 Å². The topological polar surface area (TPSA) is 58.2 Å². The summed E-state index contributed by atoms with van der Waals surface area (Å²) < 4.78 is 26.6. The van der Waals surface area contributed by atoms with Gasteiger partial charge in [-0.05, 0) is 38.5 Å². The van der Waals surface area contributed by atoms with Crippen LogP contribution in [0.25, 0.3) is 0 Å². The zero-order chi connectivity index (χ0) is 18.6. The molecular formula is C19H20F2N2O2. The summed E-state index contributed by atoms with van der Waals surface area (Å²) in [5, 5.41) is 5.10. The van der Waals surface area contributed by atoms with Gasteiger partial charge in [0.1, 0.15) is 17.0 Å². The highest BCUT2D eigenvalue weighted by Crippen LogP contribution is 2.23. The van der Waals surface area contributed by atoms with Crippen LogP contribution in [0.2, 0.25) is 0 Å².